The van der Waals surface area contributed by atoms with Crippen molar-refractivity contribution in [2.45, 2.75) is 31.6 Å². The first kappa shape index (κ1) is 23.6. The number of amides is 3. The van der Waals surface area contributed by atoms with Gasteiger partial charge in [0.25, 0.3) is 5.91 Å². The number of cyclic esters (lactones) is 1. The van der Waals surface area contributed by atoms with E-state index >= 15 is 0 Å². The molecular formula is C24H22FN3O5S. The van der Waals surface area contributed by atoms with Gasteiger partial charge in [-0.15, -0.1) is 11.8 Å². The predicted octanol–water partition coefficient (Wildman–Crippen LogP) is 3.48. The van der Waals surface area contributed by atoms with Gasteiger partial charge in [0.05, 0.1) is 36.7 Å². The van der Waals surface area contributed by atoms with Gasteiger partial charge in [0.2, 0.25) is 5.91 Å². The molecule has 176 valence electrons. The molecule has 8 nitrogen and oxygen atoms in total. The first-order valence-corrected chi connectivity index (χ1v) is 11.6. The average Bonchev–Trinajstić information content (AvgIpc) is 3.16. The fourth-order valence-electron chi connectivity index (χ4n) is 3.65. The largest absolute Gasteiger partial charge is 0.442 e. The molecule has 0 spiro atoms. The minimum atomic E-state index is -0.588. The third kappa shape index (κ3) is 5.69. The molecule has 0 unspecified atom stereocenters. The Kier molecular flexibility index (Phi) is 7.06. The van der Waals surface area contributed by atoms with Crippen LogP contribution in [0.4, 0.5) is 14.9 Å². The van der Waals surface area contributed by atoms with Crippen molar-refractivity contribution in [3.63, 3.8) is 0 Å². The van der Waals surface area contributed by atoms with Crippen molar-refractivity contribution in [1.82, 2.24) is 5.32 Å². The lowest BCUT2D eigenvalue weighted by Gasteiger charge is -2.15. The number of ether oxygens (including phenoxy) is 1. The van der Waals surface area contributed by atoms with Crippen LogP contribution < -0.4 is 10.2 Å². The molecule has 4 rings (SSSR count). The van der Waals surface area contributed by atoms with Crippen molar-refractivity contribution in [3.05, 3.63) is 53.8 Å². The van der Waals surface area contributed by atoms with Crippen LogP contribution in [0.25, 0.3) is 11.1 Å². The van der Waals surface area contributed by atoms with E-state index in [9.17, 15) is 23.6 Å². The van der Waals surface area contributed by atoms with Gasteiger partial charge in [-0.25, -0.2) is 14.2 Å². The Balaban J connectivity index is 1.40. The molecule has 2 aliphatic heterocycles. The van der Waals surface area contributed by atoms with E-state index in [2.05, 4.69) is 10.3 Å². The molecule has 1 N–H and O–H groups in total. The Hall–Kier alpha value is -3.53. The number of nitrogens with one attached hydrogen (secondary N) is 1. The molecule has 1 saturated heterocycles. The van der Waals surface area contributed by atoms with Crippen molar-refractivity contribution in [1.29, 1.82) is 0 Å². The summed E-state index contributed by atoms with van der Waals surface area (Å²) in [5.41, 5.74) is 2.38. The van der Waals surface area contributed by atoms with Crippen molar-refractivity contribution in [3.8, 4) is 11.1 Å². The predicted molar refractivity (Wildman–Crippen MR) is 126 cm³/mol. The summed E-state index contributed by atoms with van der Waals surface area (Å²) in [6, 6.07) is 11.8. The lowest BCUT2D eigenvalue weighted by molar-refractivity contribution is -0.126. The summed E-state index contributed by atoms with van der Waals surface area (Å²) in [7, 11) is 0. The molecule has 0 bridgehead atoms. The minimum Gasteiger partial charge on any atom is -0.442 e. The molecule has 0 saturated carbocycles. The van der Waals surface area contributed by atoms with Crippen LogP contribution >= 0.6 is 11.8 Å². The van der Waals surface area contributed by atoms with Crippen LogP contribution in [0.3, 0.4) is 0 Å². The van der Waals surface area contributed by atoms with Gasteiger partial charge in [-0.05, 0) is 29.3 Å². The second-order valence-corrected chi connectivity index (χ2v) is 9.04. The number of carbonyl (C=O) groups is 4. The van der Waals surface area contributed by atoms with Gasteiger partial charge in [-0.3, -0.25) is 19.3 Å². The standard InChI is InChI=1S/C24H22FN3O5S/c1-14(29)26-11-19-12-28(24(32)33-19)17-6-7-20(21(25)8-17)16-4-2-15(3-5-16)13-34-23-10-18(30)9-22(31)27-23/h2-8,19H,9-13H2,1H3,(H,26,29)/t19-/m0/s1. The van der Waals surface area contributed by atoms with Crippen LogP contribution in [-0.2, 0) is 24.9 Å². The van der Waals surface area contributed by atoms with Crippen molar-refractivity contribution in [2.75, 3.05) is 18.0 Å². The number of anilines is 1. The highest BCUT2D eigenvalue weighted by Gasteiger charge is 2.32. The van der Waals surface area contributed by atoms with E-state index in [4.69, 9.17) is 4.74 Å². The van der Waals surface area contributed by atoms with Gasteiger partial charge in [-0.2, -0.15) is 0 Å². The first-order valence-electron chi connectivity index (χ1n) is 10.6. The topological polar surface area (TPSA) is 105 Å². The number of hydrogen-bond acceptors (Lipinski definition) is 6. The molecule has 3 amide bonds. The lowest BCUT2D eigenvalue weighted by atomic mass is 10.0. The SMILES string of the molecule is CC(=O)NC[C@H]1CN(c2ccc(-c3ccc(CSC4=NC(=O)CC(=O)C4)cc3)c(F)c2)C(=O)O1. The highest BCUT2D eigenvalue weighted by atomic mass is 32.2. The van der Waals surface area contributed by atoms with Crippen LogP contribution in [-0.4, -0.2) is 47.9 Å². The molecule has 2 aliphatic rings. The monoisotopic (exact) mass is 483 g/mol. The molecule has 1 fully saturated rings. The molecule has 1 atom stereocenters. The average molecular weight is 484 g/mol. The zero-order valence-electron chi connectivity index (χ0n) is 18.4. The van der Waals surface area contributed by atoms with E-state index < -0.39 is 23.9 Å². The molecule has 0 radical (unpaired) electrons. The molecule has 2 aromatic carbocycles. The number of ketones is 1. The molecule has 0 aromatic heterocycles. The number of aliphatic imine (C=N–C) groups is 1. The maximum Gasteiger partial charge on any atom is 0.414 e. The van der Waals surface area contributed by atoms with Gasteiger partial charge >= 0.3 is 6.09 Å². The number of Topliss-reactive ketones (excluding diaryl/α,β-unsaturated/α-hetero) is 1. The normalized spacial score (nSPS) is 18.1. The van der Waals surface area contributed by atoms with Gasteiger partial charge in [0, 0.05) is 18.2 Å². The Morgan fingerprint density at radius 3 is 2.62 bits per heavy atom. The number of hydrogen-bond donors (Lipinski definition) is 1. The summed E-state index contributed by atoms with van der Waals surface area (Å²) in [6.45, 7) is 1.79. The quantitative estimate of drug-likeness (QED) is 0.631. The second kappa shape index (κ2) is 10.2. The van der Waals surface area contributed by atoms with Crippen molar-refractivity contribution < 1.29 is 28.3 Å². The Labute approximate surface area is 199 Å². The Morgan fingerprint density at radius 1 is 1.18 bits per heavy atom. The fraction of sp³-hybridized carbons (Fsp3) is 0.292. The smallest absolute Gasteiger partial charge is 0.414 e. The summed E-state index contributed by atoms with van der Waals surface area (Å²) in [5, 5.41) is 3.12. The van der Waals surface area contributed by atoms with E-state index in [0.29, 0.717) is 27.6 Å². The van der Waals surface area contributed by atoms with Crippen LogP contribution in [0.15, 0.2) is 47.5 Å². The summed E-state index contributed by atoms with van der Waals surface area (Å²) in [5.74, 6) is -0.688. The second-order valence-electron chi connectivity index (χ2n) is 7.99. The molecular weight excluding hydrogens is 461 g/mol. The van der Waals surface area contributed by atoms with Crippen molar-refractivity contribution in [2.24, 2.45) is 4.99 Å². The number of carbonyl (C=O) groups excluding carboxylic acids is 4. The summed E-state index contributed by atoms with van der Waals surface area (Å²) >= 11 is 1.35. The van der Waals surface area contributed by atoms with Crippen LogP contribution in [0.2, 0.25) is 0 Å². The maximum atomic E-state index is 14.9. The zero-order valence-corrected chi connectivity index (χ0v) is 19.2. The van der Waals surface area contributed by atoms with E-state index in [0.717, 1.165) is 5.56 Å². The lowest BCUT2D eigenvalue weighted by Crippen LogP contribution is -2.33. The van der Waals surface area contributed by atoms with E-state index in [1.165, 1.54) is 29.7 Å². The van der Waals surface area contributed by atoms with Gasteiger partial charge in [-0.1, -0.05) is 24.3 Å². The first-order chi connectivity index (χ1) is 16.3. The number of benzene rings is 2. The van der Waals surface area contributed by atoms with E-state index in [1.54, 1.807) is 24.3 Å². The maximum absolute atomic E-state index is 14.9. The van der Waals surface area contributed by atoms with Crippen LogP contribution in [0.1, 0.15) is 25.3 Å². The highest BCUT2D eigenvalue weighted by Crippen LogP contribution is 2.30. The fourth-order valence-corrected chi connectivity index (χ4v) is 4.61. The molecule has 2 aromatic rings. The van der Waals surface area contributed by atoms with Crippen molar-refractivity contribution >= 4 is 46.2 Å². The minimum absolute atomic E-state index is 0.123. The third-order valence-corrected chi connectivity index (χ3v) is 6.38. The van der Waals surface area contributed by atoms with Gasteiger partial charge in [0.15, 0.2) is 0 Å². The van der Waals surface area contributed by atoms with Crippen LogP contribution in [0, 0.1) is 5.82 Å². The Morgan fingerprint density at radius 2 is 1.94 bits per heavy atom. The molecule has 10 heteroatoms. The summed E-state index contributed by atoms with van der Waals surface area (Å²) in [4.78, 5) is 51.4. The van der Waals surface area contributed by atoms with Gasteiger partial charge in [0.1, 0.15) is 17.7 Å². The van der Waals surface area contributed by atoms with E-state index in [1.807, 2.05) is 12.1 Å². The Bertz CT molecular complexity index is 1180. The van der Waals surface area contributed by atoms with E-state index in [-0.39, 0.29) is 37.6 Å². The zero-order chi connectivity index (χ0) is 24.2. The molecule has 2 heterocycles. The number of thioether (sulfide) groups is 1. The number of nitrogens with zero attached hydrogens (tertiary/aromatic N) is 2. The molecule has 34 heavy (non-hydrogen) atoms. The third-order valence-electron chi connectivity index (χ3n) is 5.33. The molecule has 0 aliphatic carbocycles. The number of halogens is 1. The highest BCUT2D eigenvalue weighted by molar-refractivity contribution is 8.13. The summed E-state index contributed by atoms with van der Waals surface area (Å²) in [6.07, 6.45) is -1.03. The van der Waals surface area contributed by atoms with Crippen LogP contribution in [0.5, 0.6) is 0 Å². The number of rotatable bonds is 6. The van der Waals surface area contributed by atoms with Gasteiger partial charge < -0.3 is 10.1 Å². The summed E-state index contributed by atoms with van der Waals surface area (Å²) < 4.78 is 20.1.